The molecule has 0 bridgehead atoms. The van der Waals surface area contributed by atoms with Crippen molar-refractivity contribution in [1.29, 1.82) is 0 Å². The molecule has 100 valence electrons. The lowest BCUT2D eigenvalue weighted by atomic mass is 10.2. The molecule has 0 saturated heterocycles. The maximum absolute atomic E-state index is 13.7. The van der Waals surface area contributed by atoms with Gasteiger partial charge in [0.1, 0.15) is 5.82 Å². The lowest BCUT2D eigenvalue weighted by Crippen LogP contribution is -2.01. The largest absolute Gasteiger partial charge is 0.494 e. The molecule has 0 aliphatic heterocycles. The molecule has 0 saturated carbocycles. The third kappa shape index (κ3) is 2.78. The zero-order valence-corrected chi connectivity index (χ0v) is 11.6. The van der Waals surface area contributed by atoms with Gasteiger partial charge in [-0.1, -0.05) is 6.07 Å². The Bertz CT molecular complexity index is 600. The smallest absolute Gasteiger partial charge is 0.167 e. The lowest BCUT2D eigenvalue weighted by molar-refractivity contribution is 0.387. The van der Waals surface area contributed by atoms with E-state index < -0.39 is 11.6 Å². The maximum Gasteiger partial charge on any atom is 0.167 e. The monoisotopic (exact) mass is 328 g/mol. The molecule has 0 radical (unpaired) electrons. The number of nitrogens with one attached hydrogen (secondary N) is 1. The summed E-state index contributed by atoms with van der Waals surface area (Å²) in [5, 5.41) is 2.82. The second kappa shape index (κ2) is 5.44. The zero-order chi connectivity index (χ0) is 14.0. The fraction of sp³-hybridized carbons (Fsp3) is 0.0769. The lowest BCUT2D eigenvalue weighted by Gasteiger charge is -2.13. The van der Waals surface area contributed by atoms with E-state index in [1.807, 2.05) is 0 Å². The molecular formula is C13H11BrF2N2O. The SMILES string of the molecule is COc1cc(Nc2c(F)cccc2Br)c(N)cc1F. The molecule has 3 nitrogen and oxygen atoms in total. The summed E-state index contributed by atoms with van der Waals surface area (Å²) in [6.07, 6.45) is 0. The van der Waals surface area contributed by atoms with Crippen molar-refractivity contribution < 1.29 is 13.5 Å². The van der Waals surface area contributed by atoms with Crippen LogP contribution in [0.15, 0.2) is 34.8 Å². The molecule has 0 atom stereocenters. The van der Waals surface area contributed by atoms with Crippen molar-refractivity contribution >= 4 is 33.0 Å². The third-order valence-electron chi connectivity index (χ3n) is 2.55. The highest BCUT2D eigenvalue weighted by Gasteiger charge is 2.12. The molecule has 0 amide bonds. The summed E-state index contributed by atoms with van der Waals surface area (Å²) in [4.78, 5) is 0. The summed E-state index contributed by atoms with van der Waals surface area (Å²) in [6, 6.07) is 7.06. The van der Waals surface area contributed by atoms with Crippen LogP contribution in [0.1, 0.15) is 0 Å². The molecule has 0 heterocycles. The number of nitrogens with two attached hydrogens (primary N) is 1. The van der Waals surface area contributed by atoms with Gasteiger partial charge in [-0.3, -0.25) is 0 Å². The quantitative estimate of drug-likeness (QED) is 0.835. The van der Waals surface area contributed by atoms with Crippen molar-refractivity contribution in [3.8, 4) is 5.75 Å². The Labute approximate surface area is 117 Å². The normalized spacial score (nSPS) is 10.3. The first kappa shape index (κ1) is 13.6. The van der Waals surface area contributed by atoms with E-state index in [1.54, 1.807) is 12.1 Å². The number of methoxy groups -OCH3 is 1. The zero-order valence-electron chi connectivity index (χ0n) is 10.0. The summed E-state index contributed by atoms with van der Waals surface area (Å²) >= 11 is 3.23. The molecule has 0 aliphatic carbocycles. The Morgan fingerprint density at radius 2 is 1.95 bits per heavy atom. The van der Waals surface area contributed by atoms with Crippen molar-refractivity contribution in [3.63, 3.8) is 0 Å². The molecule has 0 aromatic heterocycles. The van der Waals surface area contributed by atoms with Crippen LogP contribution in [0.3, 0.4) is 0 Å². The average molecular weight is 329 g/mol. The Morgan fingerprint density at radius 3 is 2.58 bits per heavy atom. The molecule has 19 heavy (non-hydrogen) atoms. The fourth-order valence-electron chi connectivity index (χ4n) is 1.59. The van der Waals surface area contributed by atoms with E-state index >= 15 is 0 Å². The van der Waals surface area contributed by atoms with Crippen LogP contribution in [0, 0.1) is 11.6 Å². The molecular weight excluding hydrogens is 318 g/mol. The number of hydrogen-bond acceptors (Lipinski definition) is 3. The number of para-hydroxylation sites is 1. The van der Waals surface area contributed by atoms with Gasteiger partial charge in [0.2, 0.25) is 0 Å². The van der Waals surface area contributed by atoms with Gasteiger partial charge in [0.05, 0.1) is 24.2 Å². The summed E-state index contributed by atoms with van der Waals surface area (Å²) < 4.78 is 32.5. The Kier molecular flexibility index (Phi) is 3.90. The van der Waals surface area contributed by atoms with Gasteiger partial charge in [0.15, 0.2) is 11.6 Å². The Balaban J connectivity index is 2.44. The predicted octanol–water partition coefficient (Wildman–Crippen LogP) is 4.06. The van der Waals surface area contributed by atoms with Crippen molar-refractivity contribution in [1.82, 2.24) is 0 Å². The predicted molar refractivity (Wildman–Crippen MR) is 74.7 cm³/mol. The summed E-state index contributed by atoms with van der Waals surface area (Å²) in [7, 11) is 1.34. The van der Waals surface area contributed by atoms with Crippen LogP contribution >= 0.6 is 15.9 Å². The molecule has 6 heteroatoms. The van der Waals surface area contributed by atoms with Crippen LogP contribution in [0.4, 0.5) is 25.8 Å². The van der Waals surface area contributed by atoms with Gasteiger partial charge in [-0.2, -0.15) is 0 Å². The highest BCUT2D eigenvalue weighted by atomic mass is 79.9. The number of rotatable bonds is 3. The minimum Gasteiger partial charge on any atom is -0.494 e. The second-order valence-electron chi connectivity index (χ2n) is 3.80. The number of halogens is 3. The van der Waals surface area contributed by atoms with E-state index in [4.69, 9.17) is 10.5 Å². The average Bonchev–Trinajstić information content (AvgIpc) is 2.36. The molecule has 0 fully saturated rings. The minimum atomic E-state index is -0.571. The van der Waals surface area contributed by atoms with Crippen LogP contribution < -0.4 is 15.8 Å². The van der Waals surface area contributed by atoms with E-state index in [1.165, 1.54) is 19.2 Å². The van der Waals surface area contributed by atoms with Crippen LogP contribution in [-0.2, 0) is 0 Å². The van der Waals surface area contributed by atoms with Gasteiger partial charge in [0.25, 0.3) is 0 Å². The van der Waals surface area contributed by atoms with Gasteiger partial charge in [-0.25, -0.2) is 8.78 Å². The summed E-state index contributed by atoms with van der Waals surface area (Å²) in [6.45, 7) is 0. The van der Waals surface area contributed by atoms with E-state index in [0.717, 1.165) is 6.07 Å². The van der Waals surface area contributed by atoms with Crippen molar-refractivity contribution in [2.45, 2.75) is 0 Å². The topological polar surface area (TPSA) is 47.3 Å². The third-order valence-corrected chi connectivity index (χ3v) is 3.21. The van der Waals surface area contributed by atoms with E-state index in [0.29, 0.717) is 10.2 Å². The molecule has 0 aliphatic rings. The van der Waals surface area contributed by atoms with Gasteiger partial charge in [0, 0.05) is 16.6 Å². The first-order chi connectivity index (χ1) is 9.02. The van der Waals surface area contributed by atoms with Crippen molar-refractivity contribution in [3.05, 3.63) is 46.4 Å². The maximum atomic E-state index is 13.7. The van der Waals surface area contributed by atoms with E-state index in [-0.39, 0.29) is 17.1 Å². The highest BCUT2D eigenvalue weighted by Crippen LogP contribution is 2.34. The van der Waals surface area contributed by atoms with Crippen molar-refractivity contribution in [2.75, 3.05) is 18.2 Å². The molecule has 2 aromatic rings. The van der Waals surface area contributed by atoms with Gasteiger partial charge in [-0.05, 0) is 28.1 Å². The number of nitrogen functional groups attached to an aromatic ring is 1. The first-order valence-corrected chi connectivity index (χ1v) is 6.16. The molecule has 0 unspecified atom stereocenters. The number of ether oxygens (including phenoxy) is 1. The van der Waals surface area contributed by atoms with Crippen LogP contribution in [0.2, 0.25) is 0 Å². The Morgan fingerprint density at radius 1 is 1.21 bits per heavy atom. The van der Waals surface area contributed by atoms with E-state index in [9.17, 15) is 8.78 Å². The van der Waals surface area contributed by atoms with Crippen molar-refractivity contribution in [2.24, 2.45) is 0 Å². The standard InChI is InChI=1S/C13H11BrF2N2O/c1-19-12-6-11(10(17)5-9(12)16)18-13-7(14)3-2-4-8(13)15/h2-6,18H,17H2,1H3. The number of benzene rings is 2. The van der Waals surface area contributed by atoms with Crippen LogP contribution in [-0.4, -0.2) is 7.11 Å². The second-order valence-corrected chi connectivity index (χ2v) is 4.65. The van der Waals surface area contributed by atoms with Crippen LogP contribution in [0.5, 0.6) is 5.75 Å². The van der Waals surface area contributed by atoms with E-state index in [2.05, 4.69) is 21.2 Å². The van der Waals surface area contributed by atoms with Gasteiger partial charge >= 0.3 is 0 Å². The fourth-order valence-corrected chi connectivity index (χ4v) is 2.03. The van der Waals surface area contributed by atoms with Gasteiger partial charge < -0.3 is 15.8 Å². The molecule has 0 spiro atoms. The molecule has 2 rings (SSSR count). The first-order valence-electron chi connectivity index (χ1n) is 5.37. The highest BCUT2D eigenvalue weighted by molar-refractivity contribution is 9.10. The molecule has 3 N–H and O–H groups in total. The summed E-state index contributed by atoms with van der Waals surface area (Å²) in [5.41, 5.74) is 6.45. The number of anilines is 3. The van der Waals surface area contributed by atoms with Gasteiger partial charge in [-0.15, -0.1) is 0 Å². The molecule has 2 aromatic carbocycles. The number of hydrogen-bond donors (Lipinski definition) is 2. The minimum absolute atomic E-state index is 0.0316. The summed E-state index contributed by atoms with van der Waals surface area (Å²) in [5.74, 6) is -0.987. The van der Waals surface area contributed by atoms with Crippen LogP contribution in [0.25, 0.3) is 0 Å². The Hall–Kier alpha value is -1.82.